The summed E-state index contributed by atoms with van der Waals surface area (Å²) in [6.07, 6.45) is 0. The summed E-state index contributed by atoms with van der Waals surface area (Å²) in [5.41, 5.74) is 3.96. The highest BCUT2D eigenvalue weighted by Gasteiger charge is 2.44. The van der Waals surface area contributed by atoms with Crippen LogP contribution in [0.2, 0.25) is 10.0 Å². The van der Waals surface area contributed by atoms with E-state index in [1.807, 2.05) is 76.5 Å². The lowest BCUT2D eigenvalue weighted by molar-refractivity contribution is 0.148. The van der Waals surface area contributed by atoms with Gasteiger partial charge >= 0.3 is 6.03 Å². The molecule has 1 N–H and O–H groups in total. The summed E-state index contributed by atoms with van der Waals surface area (Å²) in [6.45, 7) is 8.40. The summed E-state index contributed by atoms with van der Waals surface area (Å²) in [5, 5.41) is 4.74. The van der Waals surface area contributed by atoms with Gasteiger partial charge in [0.15, 0.2) is 0 Å². The summed E-state index contributed by atoms with van der Waals surface area (Å²) in [4.78, 5) is 23.6. The lowest BCUT2D eigenvalue weighted by Gasteiger charge is -2.38. The van der Waals surface area contributed by atoms with Crippen LogP contribution in [0.25, 0.3) is 0 Å². The number of methoxy groups -OCH3 is 1. The van der Waals surface area contributed by atoms with E-state index < -0.39 is 0 Å². The van der Waals surface area contributed by atoms with Crippen LogP contribution in [-0.4, -0.2) is 54.5 Å². The van der Waals surface area contributed by atoms with E-state index in [0.29, 0.717) is 29.0 Å². The molecule has 3 aromatic rings. The molecule has 0 bridgehead atoms. The highest BCUT2D eigenvalue weighted by molar-refractivity contribution is 6.30. The molecule has 2 aliphatic heterocycles. The second-order valence-electron chi connectivity index (χ2n) is 10.5. The molecule has 2 heterocycles. The molecule has 212 valence electrons. The zero-order chi connectivity index (χ0) is 27.7. The first kappa shape index (κ1) is 30.2. The van der Waals surface area contributed by atoms with Crippen molar-refractivity contribution < 1.29 is 9.53 Å². The average molecular weight is 602 g/mol. The maximum atomic E-state index is 14.5. The summed E-state index contributed by atoms with van der Waals surface area (Å²) >= 11 is 12.5. The molecule has 1 saturated heterocycles. The molecule has 9 heteroatoms. The SMILES string of the molecule is COc1ccc(C2=NC(c3ccc(Cl)cc3)C(c3ccc(Cl)cc3)N2C(=O)N2CCNC(C)C2)c(C(C)C)c1.Cl. The van der Waals surface area contributed by atoms with Crippen LogP contribution in [0.3, 0.4) is 0 Å². The van der Waals surface area contributed by atoms with Crippen LogP contribution in [0.4, 0.5) is 4.79 Å². The van der Waals surface area contributed by atoms with Crippen LogP contribution in [0, 0.1) is 0 Å². The monoisotopic (exact) mass is 600 g/mol. The molecule has 0 aromatic heterocycles. The number of hydrogen-bond donors (Lipinski definition) is 1. The summed E-state index contributed by atoms with van der Waals surface area (Å²) < 4.78 is 5.55. The molecule has 6 nitrogen and oxygen atoms in total. The fraction of sp³-hybridized carbons (Fsp3) is 0.355. The minimum Gasteiger partial charge on any atom is -0.497 e. The number of piperazine rings is 1. The van der Waals surface area contributed by atoms with E-state index in [0.717, 1.165) is 34.5 Å². The van der Waals surface area contributed by atoms with Gasteiger partial charge in [0.05, 0.1) is 13.2 Å². The number of amides is 2. The van der Waals surface area contributed by atoms with Gasteiger partial charge in [-0.25, -0.2) is 4.79 Å². The van der Waals surface area contributed by atoms with Crippen LogP contribution in [-0.2, 0) is 0 Å². The van der Waals surface area contributed by atoms with Crippen LogP contribution in [0.5, 0.6) is 5.75 Å². The Kier molecular flexibility index (Phi) is 9.68. The van der Waals surface area contributed by atoms with Crippen molar-refractivity contribution >= 4 is 47.5 Å². The van der Waals surface area contributed by atoms with E-state index in [-0.39, 0.29) is 42.5 Å². The second kappa shape index (κ2) is 12.8. The number of carbonyl (C=O) groups excluding carboxylic acids is 1. The fourth-order valence-corrected chi connectivity index (χ4v) is 5.71. The van der Waals surface area contributed by atoms with E-state index in [1.54, 1.807) is 7.11 Å². The molecule has 1 fully saturated rings. The first-order valence-electron chi connectivity index (χ1n) is 13.4. The van der Waals surface area contributed by atoms with Gasteiger partial charge in [0.2, 0.25) is 0 Å². The Bertz CT molecular complexity index is 1360. The van der Waals surface area contributed by atoms with Crippen molar-refractivity contribution in [3.05, 3.63) is 99.0 Å². The van der Waals surface area contributed by atoms with Gasteiger partial charge in [-0.2, -0.15) is 0 Å². The van der Waals surface area contributed by atoms with Gasteiger partial charge in [-0.15, -0.1) is 12.4 Å². The first-order valence-corrected chi connectivity index (χ1v) is 14.1. The van der Waals surface area contributed by atoms with E-state index in [1.165, 1.54) is 0 Å². The van der Waals surface area contributed by atoms with Gasteiger partial charge in [0, 0.05) is 41.3 Å². The Morgan fingerprint density at radius 1 is 1.00 bits per heavy atom. The Morgan fingerprint density at radius 3 is 2.20 bits per heavy atom. The minimum absolute atomic E-state index is 0. The Hall–Kier alpha value is -2.77. The average Bonchev–Trinajstić information content (AvgIpc) is 3.33. The highest BCUT2D eigenvalue weighted by Crippen LogP contribution is 2.45. The molecule has 3 unspecified atom stereocenters. The number of halogens is 3. The van der Waals surface area contributed by atoms with Gasteiger partial charge in [0.25, 0.3) is 0 Å². The molecule has 40 heavy (non-hydrogen) atoms. The normalized spacial score (nSPS) is 20.8. The largest absolute Gasteiger partial charge is 0.497 e. The third-order valence-corrected chi connectivity index (χ3v) is 7.96. The number of urea groups is 1. The van der Waals surface area contributed by atoms with Crippen LogP contribution in [0.1, 0.15) is 61.0 Å². The predicted molar refractivity (Wildman–Crippen MR) is 166 cm³/mol. The minimum atomic E-state index is -0.363. The quantitative estimate of drug-likeness (QED) is 0.329. The van der Waals surface area contributed by atoms with E-state index in [4.69, 9.17) is 32.9 Å². The number of aliphatic imine (C=N–C) groups is 1. The van der Waals surface area contributed by atoms with Crippen molar-refractivity contribution in [1.82, 2.24) is 15.1 Å². The van der Waals surface area contributed by atoms with Crippen molar-refractivity contribution in [3.63, 3.8) is 0 Å². The van der Waals surface area contributed by atoms with E-state index in [9.17, 15) is 4.79 Å². The Morgan fingerprint density at radius 2 is 1.62 bits per heavy atom. The maximum Gasteiger partial charge on any atom is 0.326 e. The van der Waals surface area contributed by atoms with Crippen molar-refractivity contribution in [2.24, 2.45) is 4.99 Å². The second-order valence-corrected chi connectivity index (χ2v) is 11.4. The van der Waals surface area contributed by atoms with Crippen LogP contribution >= 0.6 is 35.6 Å². The lowest BCUT2D eigenvalue weighted by atomic mass is 9.93. The number of ether oxygens (including phenoxy) is 1. The molecular formula is C31H35Cl3N4O2. The van der Waals surface area contributed by atoms with Gasteiger partial charge in [-0.3, -0.25) is 9.89 Å². The number of carbonyl (C=O) groups is 1. The molecular weight excluding hydrogens is 567 g/mol. The fourth-order valence-electron chi connectivity index (χ4n) is 5.46. The van der Waals surface area contributed by atoms with E-state index >= 15 is 0 Å². The predicted octanol–water partition coefficient (Wildman–Crippen LogP) is 7.51. The van der Waals surface area contributed by atoms with Gasteiger partial charge in [-0.05, 0) is 72.0 Å². The number of benzene rings is 3. The number of hydrogen-bond acceptors (Lipinski definition) is 4. The summed E-state index contributed by atoms with van der Waals surface area (Å²) in [6, 6.07) is 20.9. The summed E-state index contributed by atoms with van der Waals surface area (Å²) in [7, 11) is 1.67. The zero-order valence-electron chi connectivity index (χ0n) is 23.1. The van der Waals surface area contributed by atoms with Crippen molar-refractivity contribution in [2.45, 2.75) is 44.8 Å². The van der Waals surface area contributed by atoms with Crippen molar-refractivity contribution in [2.75, 3.05) is 26.7 Å². The third kappa shape index (κ3) is 6.10. The number of nitrogens with one attached hydrogen (secondary N) is 1. The van der Waals surface area contributed by atoms with Crippen LogP contribution < -0.4 is 10.1 Å². The maximum absolute atomic E-state index is 14.5. The van der Waals surface area contributed by atoms with Crippen molar-refractivity contribution in [1.29, 1.82) is 0 Å². The summed E-state index contributed by atoms with van der Waals surface area (Å²) in [5.74, 6) is 1.63. The topological polar surface area (TPSA) is 57.2 Å². The standard InChI is InChI=1S/C31H34Cl2N4O2.ClH/c1-19(2)27-17-25(39-4)13-14-26(27)30-35-28(21-5-9-23(32)10-6-21)29(22-7-11-24(33)12-8-22)37(30)31(38)36-16-15-34-20(3)18-36;/h5-14,17,19-20,28-29,34H,15-16,18H2,1-4H3;1H. The third-order valence-electron chi connectivity index (χ3n) is 7.46. The molecule has 3 aromatic carbocycles. The molecule has 0 aliphatic carbocycles. The number of amidine groups is 1. The first-order chi connectivity index (χ1) is 18.8. The molecule has 3 atom stereocenters. The Balaban J connectivity index is 0.00000370. The number of rotatable bonds is 5. The van der Waals surface area contributed by atoms with Gasteiger partial charge < -0.3 is 15.0 Å². The van der Waals surface area contributed by atoms with Gasteiger partial charge in [-0.1, -0.05) is 61.3 Å². The van der Waals surface area contributed by atoms with E-state index in [2.05, 4.69) is 26.1 Å². The lowest BCUT2D eigenvalue weighted by Crippen LogP contribution is -2.56. The van der Waals surface area contributed by atoms with Crippen molar-refractivity contribution in [3.8, 4) is 5.75 Å². The number of nitrogens with zero attached hydrogens (tertiary/aromatic N) is 3. The molecule has 2 amide bonds. The molecule has 0 saturated carbocycles. The molecule has 2 aliphatic rings. The zero-order valence-corrected chi connectivity index (χ0v) is 25.4. The smallest absolute Gasteiger partial charge is 0.326 e. The molecule has 5 rings (SSSR count). The molecule has 0 radical (unpaired) electrons. The Labute approximate surface area is 252 Å². The highest BCUT2D eigenvalue weighted by atomic mass is 35.5. The molecule has 0 spiro atoms. The van der Waals surface area contributed by atoms with Crippen LogP contribution in [0.15, 0.2) is 71.7 Å². The van der Waals surface area contributed by atoms with Gasteiger partial charge in [0.1, 0.15) is 17.6 Å².